The van der Waals surface area contributed by atoms with Gasteiger partial charge in [-0.1, -0.05) is 12.0 Å². The molecule has 1 aromatic heterocycles. The average Bonchev–Trinajstić information content (AvgIpc) is 2.49. The van der Waals surface area contributed by atoms with Crippen LogP contribution in [0.25, 0.3) is 0 Å². The maximum Gasteiger partial charge on any atom is 0.254 e. The molecule has 0 radical (unpaired) electrons. The van der Waals surface area contributed by atoms with Crippen molar-refractivity contribution in [2.45, 2.75) is 31.8 Å². The first-order valence-corrected chi connectivity index (χ1v) is 6.79. The lowest BCUT2D eigenvalue weighted by atomic mass is 10.1. The number of carbonyl (C=O) groups is 1. The number of hydrogen-bond donors (Lipinski definition) is 2. The van der Waals surface area contributed by atoms with Gasteiger partial charge >= 0.3 is 0 Å². The van der Waals surface area contributed by atoms with Gasteiger partial charge in [0.15, 0.2) is 0 Å². The summed E-state index contributed by atoms with van der Waals surface area (Å²) in [6.07, 6.45) is 2.81. The Morgan fingerprint density at radius 3 is 3.15 bits per heavy atom. The zero-order valence-electron chi connectivity index (χ0n) is 11.3. The summed E-state index contributed by atoms with van der Waals surface area (Å²) >= 11 is 0. The standard InChI is InChI=1S/C15H18N2O3/c18-10-3-1-6-12-7-5-9-14(16-12)17-15(19)13-8-2-4-11-20-13/h5,7,9,13,18H,2-4,8,10-11H2,(H,16,17,19). The summed E-state index contributed by atoms with van der Waals surface area (Å²) in [5.41, 5.74) is 0.570. The van der Waals surface area contributed by atoms with E-state index in [1.54, 1.807) is 18.2 Å². The maximum atomic E-state index is 12.0. The van der Waals surface area contributed by atoms with Crippen LogP contribution in [0.15, 0.2) is 18.2 Å². The second kappa shape index (κ2) is 7.63. The van der Waals surface area contributed by atoms with Crippen LogP contribution in [0.1, 0.15) is 31.4 Å². The molecule has 106 valence electrons. The number of amides is 1. The molecule has 0 saturated carbocycles. The fraction of sp³-hybridized carbons (Fsp3) is 0.467. The number of aromatic nitrogens is 1. The predicted molar refractivity (Wildman–Crippen MR) is 75.0 cm³/mol. The quantitative estimate of drug-likeness (QED) is 0.816. The van der Waals surface area contributed by atoms with Gasteiger partial charge in [0.1, 0.15) is 17.6 Å². The molecule has 1 unspecified atom stereocenters. The third-order valence-corrected chi connectivity index (χ3v) is 2.93. The molecule has 0 spiro atoms. The van der Waals surface area contributed by atoms with Gasteiger partial charge in [0, 0.05) is 13.0 Å². The van der Waals surface area contributed by atoms with Gasteiger partial charge in [0.05, 0.1) is 6.61 Å². The van der Waals surface area contributed by atoms with Crippen LogP contribution < -0.4 is 5.32 Å². The zero-order chi connectivity index (χ0) is 14.2. The Hall–Kier alpha value is -1.90. The Kier molecular flexibility index (Phi) is 5.54. The van der Waals surface area contributed by atoms with Gasteiger partial charge in [0.25, 0.3) is 5.91 Å². The number of nitrogens with one attached hydrogen (secondary N) is 1. The Balaban J connectivity index is 1.97. The Bertz CT molecular complexity index is 513. The van der Waals surface area contributed by atoms with Crippen LogP contribution in [0.3, 0.4) is 0 Å². The number of hydrogen-bond acceptors (Lipinski definition) is 4. The van der Waals surface area contributed by atoms with Crippen molar-refractivity contribution in [1.29, 1.82) is 0 Å². The number of pyridine rings is 1. The number of aliphatic hydroxyl groups is 1. The normalized spacial score (nSPS) is 17.9. The largest absolute Gasteiger partial charge is 0.395 e. The van der Waals surface area contributed by atoms with Crippen LogP contribution in [0, 0.1) is 11.8 Å². The fourth-order valence-electron chi connectivity index (χ4n) is 1.94. The zero-order valence-corrected chi connectivity index (χ0v) is 11.3. The lowest BCUT2D eigenvalue weighted by Crippen LogP contribution is -2.33. The van der Waals surface area contributed by atoms with Crippen LogP contribution in [-0.2, 0) is 9.53 Å². The molecule has 0 bridgehead atoms. The van der Waals surface area contributed by atoms with Gasteiger partial charge in [-0.2, -0.15) is 0 Å². The van der Waals surface area contributed by atoms with E-state index in [2.05, 4.69) is 22.1 Å². The minimum atomic E-state index is -0.380. The van der Waals surface area contributed by atoms with Crippen molar-refractivity contribution >= 4 is 11.7 Å². The molecule has 2 rings (SSSR count). The molecule has 0 aliphatic carbocycles. The molecule has 1 amide bonds. The van der Waals surface area contributed by atoms with Gasteiger partial charge in [-0.3, -0.25) is 4.79 Å². The number of carbonyl (C=O) groups excluding carboxylic acids is 1. The Morgan fingerprint density at radius 2 is 2.40 bits per heavy atom. The van der Waals surface area contributed by atoms with Gasteiger partial charge in [-0.05, 0) is 37.3 Å². The van der Waals surface area contributed by atoms with E-state index in [1.807, 2.05) is 0 Å². The van der Waals surface area contributed by atoms with E-state index in [0.717, 1.165) is 19.3 Å². The summed E-state index contributed by atoms with van der Waals surface area (Å²) in [7, 11) is 0. The van der Waals surface area contributed by atoms with Gasteiger partial charge in [-0.15, -0.1) is 0 Å². The van der Waals surface area contributed by atoms with Gasteiger partial charge in [0.2, 0.25) is 0 Å². The minimum Gasteiger partial charge on any atom is -0.395 e. The number of rotatable bonds is 3. The second-order valence-corrected chi connectivity index (χ2v) is 4.53. The molecule has 5 heteroatoms. The highest BCUT2D eigenvalue weighted by molar-refractivity contribution is 5.93. The van der Waals surface area contributed by atoms with Crippen molar-refractivity contribution in [1.82, 2.24) is 4.98 Å². The maximum absolute atomic E-state index is 12.0. The number of nitrogens with zero attached hydrogens (tertiary/aromatic N) is 1. The van der Waals surface area contributed by atoms with Gasteiger partial charge in [-0.25, -0.2) is 4.98 Å². The van der Waals surface area contributed by atoms with E-state index in [9.17, 15) is 4.79 Å². The first-order chi connectivity index (χ1) is 9.79. The molecule has 1 aliphatic rings. The van der Waals surface area contributed by atoms with Crippen molar-refractivity contribution in [2.75, 3.05) is 18.5 Å². The van der Waals surface area contributed by atoms with E-state index in [-0.39, 0.29) is 18.6 Å². The smallest absolute Gasteiger partial charge is 0.254 e. The molecule has 2 N–H and O–H groups in total. The van der Waals surface area contributed by atoms with E-state index >= 15 is 0 Å². The predicted octanol–water partition coefficient (Wildman–Crippen LogP) is 1.32. The number of ether oxygens (including phenoxy) is 1. The molecular weight excluding hydrogens is 256 g/mol. The van der Waals surface area contributed by atoms with Crippen LogP contribution in [0.5, 0.6) is 0 Å². The summed E-state index contributed by atoms with van der Waals surface area (Å²) in [5.74, 6) is 5.95. The number of anilines is 1. The molecule has 0 aromatic carbocycles. The van der Waals surface area contributed by atoms with Crippen LogP contribution in [-0.4, -0.2) is 35.3 Å². The lowest BCUT2D eigenvalue weighted by Gasteiger charge is -2.21. The SMILES string of the molecule is O=C(Nc1cccc(C#CCCO)n1)C1CCCCO1. The summed E-state index contributed by atoms with van der Waals surface area (Å²) < 4.78 is 5.43. The van der Waals surface area contributed by atoms with E-state index < -0.39 is 0 Å². The van der Waals surface area contributed by atoms with Crippen LogP contribution >= 0.6 is 0 Å². The fourth-order valence-corrected chi connectivity index (χ4v) is 1.94. The number of aliphatic hydroxyl groups excluding tert-OH is 1. The van der Waals surface area contributed by atoms with Crippen molar-refractivity contribution in [3.8, 4) is 11.8 Å². The van der Waals surface area contributed by atoms with Crippen molar-refractivity contribution < 1.29 is 14.6 Å². The van der Waals surface area contributed by atoms with E-state index in [4.69, 9.17) is 9.84 Å². The Labute approximate surface area is 118 Å². The molecule has 20 heavy (non-hydrogen) atoms. The first-order valence-electron chi connectivity index (χ1n) is 6.79. The third-order valence-electron chi connectivity index (χ3n) is 2.93. The van der Waals surface area contributed by atoms with Crippen LogP contribution in [0.4, 0.5) is 5.82 Å². The topological polar surface area (TPSA) is 71.5 Å². The minimum absolute atomic E-state index is 0.0302. The summed E-state index contributed by atoms with van der Waals surface area (Å²) in [6.45, 7) is 0.667. The molecule has 1 atom stereocenters. The first kappa shape index (κ1) is 14.5. The molecule has 1 fully saturated rings. The van der Waals surface area contributed by atoms with Crippen molar-refractivity contribution in [3.05, 3.63) is 23.9 Å². The highest BCUT2D eigenvalue weighted by Gasteiger charge is 2.22. The highest BCUT2D eigenvalue weighted by Crippen LogP contribution is 2.14. The second-order valence-electron chi connectivity index (χ2n) is 4.53. The molecular formula is C15H18N2O3. The van der Waals surface area contributed by atoms with Gasteiger partial charge < -0.3 is 15.2 Å². The Morgan fingerprint density at radius 1 is 1.50 bits per heavy atom. The summed E-state index contributed by atoms with van der Waals surface area (Å²) in [4.78, 5) is 16.2. The average molecular weight is 274 g/mol. The monoisotopic (exact) mass is 274 g/mol. The molecule has 2 heterocycles. The lowest BCUT2D eigenvalue weighted by molar-refractivity contribution is -0.130. The van der Waals surface area contributed by atoms with Crippen molar-refractivity contribution in [2.24, 2.45) is 0 Å². The summed E-state index contributed by atoms with van der Waals surface area (Å²) in [5, 5.41) is 11.4. The molecule has 1 aromatic rings. The summed E-state index contributed by atoms with van der Waals surface area (Å²) in [6, 6.07) is 5.27. The highest BCUT2D eigenvalue weighted by atomic mass is 16.5. The third kappa shape index (κ3) is 4.34. The molecule has 1 aliphatic heterocycles. The molecule has 5 nitrogen and oxygen atoms in total. The molecule has 1 saturated heterocycles. The van der Waals surface area contributed by atoms with E-state index in [1.165, 1.54) is 0 Å². The van der Waals surface area contributed by atoms with Crippen LogP contribution in [0.2, 0.25) is 0 Å². The van der Waals surface area contributed by atoms with E-state index in [0.29, 0.717) is 24.5 Å². The van der Waals surface area contributed by atoms with Crippen molar-refractivity contribution in [3.63, 3.8) is 0 Å².